The topological polar surface area (TPSA) is 26.0 Å². The van der Waals surface area contributed by atoms with Crippen molar-refractivity contribution in [3.63, 3.8) is 0 Å². The second kappa shape index (κ2) is 4.42. The zero-order chi connectivity index (χ0) is 6.85. The summed E-state index contributed by atoms with van der Waals surface area (Å²) in [5, 5.41) is 0.634. The van der Waals surface area contributed by atoms with Crippen LogP contribution in [0.15, 0.2) is 23.1 Å². The largest absolute Gasteiger partial charge is 1.00 e. The number of hydrogen-bond acceptors (Lipinski definition) is 2. The van der Waals surface area contributed by atoms with Crippen LogP contribution in [-0.2, 0) is 12.6 Å². The van der Waals surface area contributed by atoms with Crippen molar-refractivity contribution in [3.05, 3.63) is 23.2 Å². The van der Waals surface area contributed by atoms with Crippen LogP contribution in [0.2, 0.25) is 5.02 Å². The fraction of sp³-hybridized carbons (Fsp3) is 0. The maximum atomic E-state index is 5.59. The molecule has 0 aromatic heterocycles. The van der Waals surface area contributed by atoms with Crippen LogP contribution in [0.3, 0.4) is 0 Å². The zero-order valence-electron chi connectivity index (χ0n) is 5.60. The Morgan fingerprint density at radius 2 is 2.00 bits per heavy atom. The van der Waals surface area contributed by atoms with Crippen molar-refractivity contribution in [2.75, 3.05) is 5.73 Å². The van der Waals surface area contributed by atoms with Gasteiger partial charge in [-0.15, -0.1) is 0 Å². The van der Waals surface area contributed by atoms with Gasteiger partial charge in [0.25, 0.3) is 0 Å². The standard InChI is InChI=1S/C6H6ClNS.Na/c7-4-1-2-5(8)6(9)3-4;/h1-3,9H,8H2;/q;+1/p-1. The van der Waals surface area contributed by atoms with Crippen molar-refractivity contribution in [1.82, 2.24) is 0 Å². The first-order valence-electron chi connectivity index (χ1n) is 2.42. The summed E-state index contributed by atoms with van der Waals surface area (Å²) in [7, 11) is 0. The van der Waals surface area contributed by atoms with Gasteiger partial charge >= 0.3 is 29.6 Å². The van der Waals surface area contributed by atoms with E-state index in [4.69, 9.17) is 30.0 Å². The molecule has 0 fully saturated rings. The second-order valence-electron chi connectivity index (χ2n) is 1.68. The van der Waals surface area contributed by atoms with Crippen LogP contribution < -0.4 is 35.3 Å². The average Bonchev–Trinajstić information content (AvgIpc) is 1.80. The number of anilines is 1. The van der Waals surface area contributed by atoms with Crippen molar-refractivity contribution in [2.24, 2.45) is 0 Å². The fourth-order valence-electron chi connectivity index (χ4n) is 0.508. The van der Waals surface area contributed by atoms with Gasteiger partial charge in [0, 0.05) is 10.7 Å². The Morgan fingerprint density at radius 1 is 1.40 bits per heavy atom. The number of rotatable bonds is 0. The third kappa shape index (κ3) is 2.64. The molecule has 0 atom stereocenters. The Morgan fingerprint density at radius 3 is 2.40 bits per heavy atom. The van der Waals surface area contributed by atoms with E-state index in [9.17, 15) is 0 Å². The molecule has 0 aliphatic rings. The van der Waals surface area contributed by atoms with Crippen molar-refractivity contribution < 1.29 is 29.6 Å². The van der Waals surface area contributed by atoms with Crippen LogP contribution in [0.1, 0.15) is 0 Å². The van der Waals surface area contributed by atoms with E-state index in [0.717, 1.165) is 0 Å². The van der Waals surface area contributed by atoms with E-state index in [1.165, 1.54) is 0 Å². The molecular formula is C6H5ClNNaS. The van der Waals surface area contributed by atoms with Crippen LogP contribution in [0, 0.1) is 0 Å². The summed E-state index contributed by atoms with van der Waals surface area (Å²) in [5.74, 6) is 0. The SMILES string of the molecule is Nc1ccc(Cl)cc1[S-].[Na+]. The molecule has 0 aliphatic carbocycles. The molecule has 0 saturated carbocycles. The van der Waals surface area contributed by atoms with Gasteiger partial charge in [-0.2, -0.15) is 4.90 Å². The molecule has 2 N–H and O–H groups in total. The molecule has 1 aromatic carbocycles. The number of nitrogens with two attached hydrogens (primary N) is 1. The van der Waals surface area contributed by atoms with E-state index in [0.29, 0.717) is 15.6 Å². The van der Waals surface area contributed by atoms with Gasteiger partial charge in [-0.3, -0.25) is 0 Å². The van der Waals surface area contributed by atoms with E-state index in [-0.39, 0.29) is 29.6 Å². The van der Waals surface area contributed by atoms with E-state index >= 15 is 0 Å². The van der Waals surface area contributed by atoms with Crippen molar-refractivity contribution >= 4 is 29.9 Å². The molecule has 0 saturated heterocycles. The summed E-state index contributed by atoms with van der Waals surface area (Å²) in [4.78, 5) is 0.613. The summed E-state index contributed by atoms with van der Waals surface area (Å²) >= 11 is 10.4. The van der Waals surface area contributed by atoms with Gasteiger partial charge < -0.3 is 18.4 Å². The fourth-order valence-corrected chi connectivity index (χ4v) is 0.940. The van der Waals surface area contributed by atoms with Crippen LogP contribution in [-0.4, -0.2) is 0 Å². The minimum absolute atomic E-state index is 0. The first-order valence-corrected chi connectivity index (χ1v) is 3.21. The van der Waals surface area contributed by atoms with Gasteiger partial charge in [0.15, 0.2) is 0 Å². The zero-order valence-corrected chi connectivity index (χ0v) is 9.17. The van der Waals surface area contributed by atoms with Crippen LogP contribution >= 0.6 is 11.6 Å². The number of halogens is 1. The molecule has 0 bridgehead atoms. The van der Waals surface area contributed by atoms with Crippen LogP contribution in [0.4, 0.5) is 5.69 Å². The van der Waals surface area contributed by atoms with E-state index < -0.39 is 0 Å². The van der Waals surface area contributed by atoms with E-state index in [1.54, 1.807) is 18.2 Å². The normalized spacial score (nSPS) is 8.50. The summed E-state index contributed by atoms with van der Waals surface area (Å²) in [6.07, 6.45) is 0. The maximum absolute atomic E-state index is 5.59. The average molecular weight is 182 g/mol. The predicted molar refractivity (Wildman–Crippen MR) is 41.5 cm³/mol. The predicted octanol–water partition coefficient (Wildman–Crippen LogP) is -1.17. The maximum Gasteiger partial charge on any atom is 1.00 e. The number of benzene rings is 1. The molecule has 0 radical (unpaired) electrons. The van der Waals surface area contributed by atoms with Gasteiger partial charge in [-0.05, 0) is 12.1 Å². The molecule has 48 valence electrons. The molecular weight excluding hydrogens is 177 g/mol. The summed E-state index contributed by atoms with van der Waals surface area (Å²) in [6, 6.07) is 5.07. The molecule has 10 heavy (non-hydrogen) atoms. The Kier molecular flexibility index (Phi) is 4.65. The second-order valence-corrected chi connectivity index (χ2v) is 2.56. The molecule has 0 aliphatic heterocycles. The van der Waals surface area contributed by atoms with E-state index in [1.807, 2.05) is 0 Å². The summed E-state index contributed by atoms with van der Waals surface area (Å²) in [6.45, 7) is 0. The Balaban J connectivity index is 0.000000810. The van der Waals surface area contributed by atoms with Gasteiger partial charge in [0.05, 0.1) is 0 Å². The Bertz CT molecular complexity index is 229. The van der Waals surface area contributed by atoms with Gasteiger partial charge in [0.2, 0.25) is 0 Å². The third-order valence-corrected chi connectivity index (χ3v) is 1.56. The van der Waals surface area contributed by atoms with Gasteiger partial charge in [0.1, 0.15) is 0 Å². The molecule has 0 amide bonds. The quantitative estimate of drug-likeness (QED) is 0.310. The minimum atomic E-state index is 0. The van der Waals surface area contributed by atoms with Gasteiger partial charge in [-0.25, -0.2) is 0 Å². The summed E-state index contributed by atoms with van der Waals surface area (Å²) in [5.41, 5.74) is 6.03. The first kappa shape index (κ1) is 10.5. The van der Waals surface area contributed by atoms with Crippen molar-refractivity contribution in [1.29, 1.82) is 0 Å². The van der Waals surface area contributed by atoms with Gasteiger partial charge in [-0.1, -0.05) is 17.7 Å². The smallest absolute Gasteiger partial charge is 0.778 e. The van der Waals surface area contributed by atoms with Crippen LogP contribution in [0.25, 0.3) is 0 Å². The monoisotopic (exact) mass is 181 g/mol. The van der Waals surface area contributed by atoms with E-state index in [2.05, 4.69) is 0 Å². The minimum Gasteiger partial charge on any atom is -0.778 e. The van der Waals surface area contributed by atoms with Crippen LogP contribution in [0.5, 0.6) is 0 Å². The Hall–Kier alpha value is 0.530. The first-order chi connectivity index (χ1) is 4.20. The van der Waals surface area contributed by atoms with Crippen molar-refractivity contribution in [2.45, 2.75) is 4.90 Å². The molecule has 1 rings (SSSR count). The molecule has 1 aromatic rings. The Labute approximate surface area is 92.6 Å². The third-order valence-electron chi connectivity index (χ3n) is 0.976. The molecule has 1 nitrogen and oxygen atoms in total. The number of nitrogen functional groups attached to an aromatic ring is 1. The summed E-state index contributed by atoms with van der Waals surface area (Å²) < 4.78 is 0. The molecule has 0 heterocycles. The van der Waals surface area contributed by atoms with Crippen molar-refractivity contribution in [3.8, 4) is 0 Å². The molecule has 4 heteroatoms. The molecule has 0 unspecified atom stereocenters. The number of hydrogen-bond donors (Lipinski definition) is 1. The molecule has 0 spiro atoms.